The average Bonchev–Trinajstić information content (AvgIpc) is 2.79. The standard InChI is InChI=1S/C10H18O2/c1-9(11)3-2-7-12-8-6-10-4-5-10/h10H,2-8H2,1H3. The smallest absolute Gasteiger partial charge is 0.129 e. The summed E-state index contributed by atoms with van der Waals surface area (Å²) in [6.07, 6.45) is 5.58. The predicted octanol–water partition coefficient (Wildman–Crippen LogP) is 2.17. The van der Waals surface area contributed by atoms with Crippen LogP contribution in [-0.4, -0.2) is 19.0 Å². The van der Waals surface area contributed by atoms with Crippen molar-refractivity contribution in [3.63, 3.8) is 0 Å². The molecule has 2 nitrogen and oxygen atoms in total. The Hall–Kier alpha value is -0.370. The molecule has 0 aliphatic heterocycles. The van der Waals surface area contributed by atoms with Gasteiger partial charge in [0.1, 0.15) is 5.78 Å². The summed E-state index contributed by atoms with van der Waals surface area (Å²) >= 11 is 0. The second-order valence-corrected chi connectivity index (χ2v) is 3.65. The van der Waals surface area contributed by atoms with Crippen molar-refractivity contribution in [3.8, 4) is 0 Å². The van der Waals surface area contributed by atoms with Crippen molar-refractivity contribution >= 4 is 5.78 Å². The molecule has 1 aliphatic rings. The molecule has 2 heteroatoms. The third kappa shape index (κ3) is 5.30. The van der Waals surface area contributed by atoms with Gasteiger partial charge in [0.15, 0.2) is 0 Å². The summed E-state index contributed by atoms with van der Waals surface area (Å²) in [7, 11) is 0. The van der Waals surface area contributed by atoms with Crippen LogP contribution in [0.2, 0.25) is 0 Å². The molecule has 0 aromatic carbocycles. The molecule has 0 heterocycles. The van der Waals surface area contributed by atoms with E-state index in [1.54, 1.807) is 6.92 Å². The summed E-state index contributed by atoms with van der Waals surface area (Å²) in [6.45, 7) is 3.28. The second kappa shape index (κ2) is 5.31. The lowest BCUT2D eigenvalue weighted by atomic mass is 10.2. The lowest BCUT2D eigenvalue weighted by molar-refractivity contribution is -0.117. The Balaban J connectivity index is 1.73. The van der Waals surface area contributed by atoms with Gasteiger partial charge in [0, 0.05) is 19.6 Å². The van der Waals surface area contributed by atoms with E-state index in [9.17, 15) is 4.79 Å². The Morgan fingerprint density at radius 3 is 2.75 bits per heavy atom. The molecule has 0 unspecified atom stereocenters. The third-order valence-corrected chi connectivity index (χ3v) is 2.18. The number of Topliss-reactive ketones (excluding diaryl/α,β-unsaturated/α-hetero) is 1. The lowest BCUT2D eigenvalue weighted by Crippen LogP contribution is -2.00. The van der Waals surface area contributed by atoms with Crippen molar-refractivity contribution in [3.05, 3.63) is 0 Å². The van der Waals surface area contributed by atoms with Gasteiger partial charge in [0.05, 0.1) is 0 Å². The summed E-state index contributed by atoms with van der Waals surface area (Å²) in [5, 5.41) is 0. The van der Waals surface area contributed by atoms with Crippen molar-refractivity contribution < 1.29 is 9.53 Å². The molecule has 0 radical (unpaired) electrons. The van der Waals surface area contributed by atoms with Crippen LogP contribution in [0.5, 0.6) is 0 Å². The Labute approximate surface area is 74.3 Å². The first kappa shape index (κ1) is 9.72. The van der Waals surface area contributed by atoms with E-state index < -0.39 is 0 Å². The Kier molecular flexibility index (Phi) is 4.30. The van der Waals surface area contributed by atoms with Gasteiger partial charge in [-0.3, -0.25) is 0 Å². The highest BCUT2D eigenvalue weighted by Crippen LogP contribution is 2.32. The van der Waals surface area contributed by atoms with E-state index in [0.29, 0.717) is 6.42 Å². The van der Waals surface area contributed by atoms with E-state index in [-0.39, 0.29) is 5.78 Å². The van der Waals surface area contributed by atoms with Crippen molar-refractivity contribution in [2.75, 3.05) is 13.2 Å². The first-order valence-corrected chi connectivity index (χ1v) is 4.86. The SMILES string of the molecule is CC(=O)CCCOCCC1CC1. The summed E-state index contributed by atoms with van der Waals surface area (Å²) in [5.41, 5.74) is 0. The fourth-order valence-electron chi connectivity index (χ4n) is 1.18. The molecule has 0 aromatic rings. The van der Waals surface area contributed by atoms with Crippen LogP contribution in [0.4, 0.5) is 0 Å². The maximum atomic E-state index is 10.5. The molecule has 0 atom stereocenters. The van der Waals surface area contributed by atoms with E-state index >= 15 is 0 Å². The van der Waals surface area contributed by atoms with Gasteiger partial charge in [-0.1, -0.05) is 12.8 Å². The first-order valence-electron chi connectivity index (χ1n) is 4.86. The van der Waals surface area contributed by atoms with Gasteiger partial charge in [-0.15, -0.1) is 0 Å². The Morgan fingerprint density at radius 2 is 2.17 bits per heavy atom. The lowest BCUT2D eigenvalue weighted by Gasteiger charge is -2.01. The molecule has 12 heavy (non-hydrogen) atoms. The zero-order chi connectivity index (χ0) is 8.81. The third-order valence-electron chi connectivity index (χ3n) is 2.18. The maximum absolute atomic E-state index is 10.5. The van der Waals surface area contributed by atoms with Crippen LogP contribution in [0, 0.1) is 5.92 Å². The monoisotopic (exact) mass is 170 g/mol. The van der Waals surface area contributed by atoms with Crippen molar-refractivity contribution in [1.29, 1.82) is 0 Å². The van der Waals surface area contributed by atoms with Crippen LogP contribution in [0.25, 0.3) is 0 Å². The summed E-state index contributed by atoms with van der Waals surface area (Å²) in [5.74, 6) is 1.22. The fourth-order valence-corrected chi connectivity index (χ4v) is 1.18. The minimum Gasteiger partial charge on any atom is -0.381 e. The van der Waals surface area contributed by atoms with E-state index in [4.69, 9.17) is 4.74 Å². The minimum absolute atomic E-state index is 0.265. The van der Waals surface area contributed by atoms with Gasteiger partial charge in [-0.25, -0.2) is 0 Å². The van der Waals surface area contributed by atoms with Crippen LogP contribution < -0.4 is 0 Å². The van der Waals surface area contributed by atoms with Crippen LogP contribution in [0.15, 0.2) is 0 Å². The molecule has 0 bridgehead atoms. The summed E-state index contributed by atoms with van der Waals surface area (Å²) < 4.78 is 5.38. The van der Waals surface area contributed by atoms with E-state index in [1.807, 2.05) is 0 Å². The molecule has 0 spiro atoms. The predicted molar refractivity (Wildman–Crippen MR) is 48.1 cm³/mol. The summed E-state index contributed by atoms with van der Waals surface area (Å²) in [6, 6.07) is 0. The molecular weight excluding hydrogens is 152 g/mol. The molecule has 1 fully saturated rings. The molecule has 0 saturated heterocycles. The zero-order valence-corrected chi connectivity index (χ0v) is 7.84. The maximum Gasteiger partial charge on any atom is 0.129 e. The van der Waals surface area contributed by atoms with Crippen LogP contribution in [-0.2, 0) is 9.53 Å². The molecular formula is C10H18O2. The highest BCUT2D eigenvalue weighted by molar-refractivity contribution is 5.75. The highest BCUT2D eigenvalue weighted by atomic mass is 16.5. The number of carbonyl (C=O) groups excluding carboxylic acids is 1. The van der Waals surface area contributed by atoms with Crippen LogP contribution in [0.3, 0.4) is 0 Å². The number of hydrogen-bond acceptors (Lipinski definition) is 2. The van der Waals surface area contributed by atoms with Crippen LogP contribution >= 0.6 is 0 Å². The van der Waals surface area contributed by atoms with E-state index in [2.05, 4.69) is 0 Å². The average molecular weight is 170 g/mol. The zero-order valence-electron chi connectivity index (χ0n) is 7.84. The number of carbonyl (C=O) groups is 1. The van der Waals surface area contributed by atoms with Gasteiger partial charge >= 0.3 is 0 Å². The molecule has 0 amide bonds. The number of rotatable bonds is 7. The van der Waals surface area contributed by atoms with E-state index in [0.717, 1.165) is 25.6 Å². The van der Waals surface area contributed by atoms with Crippen molar-refractivity contribution in [2.45, 2.75) is 39.0 Å². The van der Waals surface area contributed by atoms with Gasteiger partial charge in [-0.2, -0.15) is 0 Å². The van der Waals surface area contributed by atoms with Gasteiger partial charge in [0.25, 0.3) is 0 Å². The molecule has 1 aliphatic carbocycles. The quantitative estimate of drug-likeness (QED) is 0.547. The topological polar surface area (TPSA) is 26.3 Å². The molecule has 70 valence electrons. The highest BCUT2D eigenvalue weighted by Gasteiger charge is 2.20. The Bertz CT molecular complexity index is 139. The molecule has 1 saturated carbocycles. The van der Waals surface area contributed by atoms with Crippen LogP contribution in [0.1, 0.15) is 39.0 Å². The molecule has 0 aromatic heterocycles. The van der Waals surface area contributed by atoms with Gasteiger partial charge in [0.2, 0.25) is 0 Å². The number of ketones is 1. The minimum atomic E-state index is 0.265. The normalized spacial score (nSPS) is 16.4. The number of hydrogen-bond donors (Lipinski definition) is 0. The van der Waals surface area contributed by atoms with Gasteiger partial charge in [-0.05, 0) is 25.7 Å². The first-order chi connectivity index (χ1) is 5.79. The molecule has 0 N–H and O–H groups in total. The number of ether oxygens (including phenoxy) is 1. The van der Waals surface area contributed by atoms with Crippen molar-refractivity contribution in [1.82, 2.24) is 0 Å². The van der Waals surface area contributed by atoms with E-state index in [1.165, 1.54) is 19.3 Å². The second-order valence-electron chi connectivity index (χ2n) is 3.65. The van der Waals surface area contributed by atoms with Crippen molar-refractivity contribution in [2.24, 2.45) is 5.92 Å². The summed E-state index contributed by atoms with van der Waals surface area (Å²) in [4.78, 5) is 10.5. The van der Waals surface area contributed by atoms with Gasteiger partial charge < -0.3 is 9.53 Å². The fraction of sp³-hybridized carbons (Fsp3) is 0.900. The Morgan fingerprint density at radius 1 is 1.42 bits per heavy atom. The molecule has 1 rings (SSSR count). The largest absolute Gasteiger partial charge is 0.381 e.